The normalized spacial score (nSPS) is 12.5. The van der Waals surface area contributed by atoms with Gasteiger partial charge in [-0.15, -0.1) is 0 Å². The zero-order valence-electron chi connectivity index (χ0n) is 9.86. The molecule has 3 rings (SSSR count). The first-order valence-corrected chi connectivity index (χ1v) is 7.18. The Hall–Kier alpha value is -1.39. The van der Waals surface area contributed by atoms with Gasteiger partial charge in [0.1, 0.15) is 11.5 Å². The minimum absolute atomic E-state index is 0.249. The van der Waals surface area contributed by atoms with Crippen molar-refractivity contribution in [1.29, 1.82) is 0 Å². The highest BCUT2D eigenvalue weighted by atomic mass is 79.9. The van der Waals surface area contributed by atoms with E-state index in [0.29, 0.717) is 22.3 Å². The quantitative estimate of drug-likeness (QED) is 0.754. The Bertz CT molecular complexity index is 616. The van der Waals surface area contributed by atoms with Crippen LogP contribution < -0.4 is 14.2 Å². The molecular formula is C14H10BrClO3. The number of rotatable bonds is 3. The number of hydrogen-bond acceptors (Lipinski definition) is 3. The molecule has 0 aromatic heterocycles. The Balaban J connectivity index is 1.85. The van der Waals surface area contributed by atoms with Gasteiger partial charge in [-0.05, 0) is 29.8 Å². The van der Waals surface area contributed by atoms with E-state index in [9.17, 15) is 0 Å². The van der Waals surface area contributed by atoms with Gasteiger partial charge < -0.3 is 14.2 Å². The number of fused-ring (bicyclic) bond motifs is 1. The summed E-state index contributed by atoms with van der Waals surface area (Å²) in [4.78, 5) is 0. The van der Waals surface area contributed by atoms with E-state index < -0.39 is 0 Å². The van der Waals surface area contributed by atoms with Crippen LogP contribution in [0.3, 0.4) is 0 Å². The first-order valence-electron chi connectivity index (χ1n) is 5.68. The van der Waals surface area contributed by atoms with Crippen molar-refractivity contribution in [2.24, 2.45) is 0 Å². The van der Waals surface area contributed by atoms with Gasteiger partial charge in [-0.2, -0.15) is 0 Å². The summed E-state index contributed by atoms with van der Waals surface area (Å²) >= 11 is 9.56. The zero-order valence-corrected chi connectivity index (χ0v) is 12.2. The van der Waals surface area contributed by atoms with Crippen LogP contribution in [0.5, 0.6) is 23.0 Å². The van der Waals surface area contributed by atoms with Crippen molar-refractivity contribution in [3.05, 3.63) is 47.0 Å². The van der Waals surface area contributed by atoms with Crippen LogP contribution in [-0.2, 0) is 5.33 Å². The molecule has 0 radical (unpaired) electrons. The molecule has 3 nitrogen and oxygen atoms in total. The third-order valence-corrected chi connectivity index (χ3v) is 3.67. The Kier molecular flexibility index (Phi) is 3.53. The zero-order chi connectivity index (χ0) is 13.2. The van der Waals surface area contributed by atoms with E-state index in [1.165, 1.54) is 0 Å². The minimum Gasteiger partial charge on any atom is -0.456 e. The smallest absolute Gasteiger partial charge is 0.231 e. The molecule has 0 atom stereocenters. The largest absolute Gasteiger partial charge is 0.456 e. The second kappa shape index (κ2) is 5.31. The van der Waals surface area contributed by atoms with E-state index in [4.69, 9.17) is 25.8 Å². The Morgan fingerprint density at radius 1 is 1.11 bits per heavy atom. The fourth-order valence-electron chi connectivity index (χ4n) is 1.78. The van der Waals surface area contributed by atoms with Crippen LogP contribution >= 0.6 is 27.5 Å². The molecule has 19 heavy (non-hydrogen) atoms. The molecule has 1 heterocycles. The first kappa shape index (κ1) is 12.6. The molecule has 0 unspecified atom stereocenters. The molecule has 0 saturated carbocycles. The lowest BCUT2D eigenvalue weighted by Crippen LogP contribution is -1.92. The number of alkyl halides is 1. The summed E-state index contributed by atoms with van der Waals surface area (Å²) in [5, 5.41) is 1.34. The summed E-state index contributed by atoms with van der Waals surface area (Å²) in [6.45, 7) is 0.249. The van der Waals surface area contributed by atoms with Crippen molar-refractivity contribution in [3.63, 3.8) is 0 Å². The van der Waals surface area contributed by atoms with E-state index in [1.807, 2.05) is 30.3 Å². The van der Waals surface area contributed by atoms with Crippen molar-refractivity contribution < 1.29 is 14.2 Å². The van der Waals surface area contributed by atoms with Gasteiger partial charge >= 0.3 is 0 Å². The maximum Gasteiger partial charge on any atom is 0.231 e. The third-order valence-electron chi connectivity index (χ3n) is 2.72. The summed E-state index contributed by atoms with van der Waals surface area (Å²) in [6.07, 6.45) is 0. The van der Waals surface area contributed by atoms with Crippen LogP contribution in [-0.4, -0.2) is 6.79 Å². The molecular weight excluding hydrogens is 332 g/mol. The number of halogens is 2. The standard InChI is InChI=1S/C14H10BrClO3/c15-7-9-1-3-12(11(16)5-9)19-10-2-4-13-14(6-10)18-8-17-13/h1-6H,7-8H2. The molecule has 0 aliphatic carbocycles. The molecule has 0 N–H and O–H groups in total. The maximum absolute atomic E-state index is 6.17. The van der Waals surface area contributed by atoms with Gasteiger partial charge in [0.2, 0.25) is 6.79 Å². The second-order valence-corrected chi connectivity index (χ2v) is 4.98. The molecule has 1 aliphatic heterocycles. The van der Waals surface area contributed by atoms with Crippen LogP contribution in [0.1, 0.15) is 5.56 Å². The van der Waals surface area contributed by atoms with E-state index in [2.05, 4.69) is 15.9 Å². The van der Waals surface area contributed by atoms with Crippen LogP contribution in [0.4, 0.5) is 0 Å². The second-order valence-electron chi connectivity index (χ2n) is 4.02. The van der Waals surface area contributed by atoms with E-state index >= 15 is 0 Å². The van der Waals surface area contributed by atoms with Crippen LogP contribution in [0.2, 0.25) is 5.02 Å². The molecule has 98 valence electrons. The highest BCUT2D eigenvalue weighted by Gasteiger charge is 2.14. The number of benzene rings is 2. The van der Waals surface area contributed by atoms with E-state index in [-0.39, 0.29) is 6.79 Å². The highest BCUT2D eigenvalue weighted by Crippen LogP contribution is 2.38. The van der Waals surface area contributed by atoms with Gasteiger partial charge in [0, 0.05) is 11.4 Å². The van der Waals surface area contributed by atoms with Gasteiger partial charge in [0.05, 0.1) is 5.02 Å². The fraction of sp³-hybridized carbons (Fsp3) is 0.143. The van der Waals surface area contributed by atoms with Gasteiger partial charge in [-0.1, -0.05) is 33.6 Å². The Labute approximate surface area is 124 Å². The first-order chi connectivity index (χ1) is 9.26. The average Bonchev–Trinajstić information content (AvgIpc) is 2.88. The SMILES string of the molecule is Clc1cc(CBr)ccc1Oc1ccc2c(c1)OCO2. The molecule has 0 saturated heterocycles. The lowest BCUT2D eigenvalue weighted by atomic mass is 10.2. The highest BCUT2D eigenvalue weighted by molar-refractivity contribution is 9.08. The summed E-state index contributed by atoms with van der Waals surface area (Å²) in [7, 11) is 0. The van der Waals surface area contributed by atoms with Crippen molar-refractivity contribution in [2.75, 3.05) is 6.79 Å². The molecule has 2 aromatic rings. The lowest BCUT2D eigenvalue weighted by Gasteiger charge is -2.09. The van der Waals surface area contributed by atoms with Gasteiger partial charge in [0.25, 0.3) is 0 Å². The summed E-state index contributed by atoms with van der Waals surface area (Å²) in [5.41, 5.74) is 1.10. The lowest BCUT2D eigenvalue weighted by molar-refractivity contribution is 0.174. The van der Waals surface area contributed by atoms with Crippen molar-refractivity contribution in [2.45, 2.75) is 5.33 Å². The molecule has 0 bridgehead atoms. The van der Waals surface area contributed by atoms with Crippen molar-refractivity contribution in [3.8, 4) is 23.0 Å². The fourth-order valence-corrected chi connectivity index (χ4v) is 2.37. The van der Waals surface area contributed by atoms with E-state index in [0.717, 1.165) is 16.6 Å². The van der Waals surface area contributed by atoms with Gasteiger partial charge in [-0.3, -0.25) is 0 Å². The molecule has 5 heteroatoms. The van der Waals surface area contributed by atoms with Crippen LogP contribution in [0, 0.1) is 0 Å². The van der Waals surface area contributed by atoms with E-state index in [1.54, 1.807) is 6.07 Å². The molecule has 1 aliphatic rings. The summed E-state index contributed by atoms with van der Waals surface area (Å²) in [6, 6.07) is 11.1. The Morgan fingerprint density at radius 3 is 2.74 bits per heavy atom. The molecule has 0 fully saturated rings. The predicted octanol–water partition coefficient (Wildman–Crippen LogP) is 4.76. The summed E-state index contributed by atoms with van der Waals surface area (Å²) in [5.74, 6) is 2.70. The average molecular weight is 342 g/mol. The van der Waals surface area contributed by atoms with Crippen LogP contribution in [0.15, 0.2) is 36.4 Å². The predicted molar refractivity (Wildman–Crippen MR) is 76.7 cm³/mol. The topological polar surface area (TPSA) is 27.7 Å². The van der Waals surface area contributed by atoms with Crippen molar-refractivity contribution in [1.82, 2.24) is 0 Å². The van der Waals surface area contributed by atoms with Gasteiger partial charge in [-0.25, -0.2) is 0 Å². The van der Waals surface area contributed by atoms with Gasteiger partial charge in [0.15, 0.2) is 11.5 Å². The molecule has 2 aromatic carbocycles. The Morgan fingerprint density at radius 2 is 1.95 bits per heavy atom. The van der Waals surface area contributed by atoms with Crippen LogP contribution in [0.25, 0.3) is 0 Å². The third kappa shape index (κ3) is 2.65. The van der Waals surface area contributed by atoms with Crippen molar-refractivity contribution >= 4 is 27.5 Å². The minimum atomic E-state index is 0.249. The monoisotopic (exact) mass is 340 g/mol. The summed E-state index contributed by atoms with van der Waals surface area (Å²) < 4.78 is 16.3. The molecule has 0 spiro atoms. The number of ether oxygens (including phenoxy) is 3. The molecule has 0 amide bonds. The number of hydrogen-bond donors (Lipinski definition) is 0. The maximum atomic E-state index is 6.17.